The number of alkyl halides is 3. The van der Waals surface area contributed by atoms with Gasteiger partial charge in [0.25, 0.3) is 0 Å². The van der Waals surface area contributed by atoms with E-state index in [1.54, 1.807) is 24.3 Å². The number of nitro groups is 1. The van der Waals surface area contributed by atoms with E-state index in [0.29, 0.717) is 11.3 Å². The summed E-state index contributed by atoms with van der Waals surface area (Å²) in [5.74, 6) is 0.680. The molecule has 0 aliphatic heterocycles. The lowest BCUT2D eigenvalue weighted by Gasteiger charge is -2.09. The predicted octanol–water partition coefficient (Wildman–Crippen LogP) is 4.75. The van der Waals surface area contributed by atoms with Crippen LogP contribution in [0.25, 0.3) is 6.08 Å². The maximum Gasteiger partial charge on any atom is 0.416 e. The normalized spacial score (nSPS) is 11.6. The molecular formula is C15H10F3NO3. The molecule has 0 amide bonds. The Balaban J connectivity index is 2.06. The van der Waals surface area contributed by atoms with Crippen LogP contribution in [-0.2, 0) is 6.18 Å². The topological polar surface area (TPSA) is 52.4 Å². The second-order valence-electron chi connectivity index (χ2n) is 4.29. The standard InChI is InChI=1S/C15H10F3NO3/c16-15(17,18)12-3-7-14(8-4-12)22-13-5-1-11(2-6-13)9-10-19(20)21/h1-10H. The molecule has 2 rings (SSSR count). The quantitative estimate of drug-likeness (QED) is 0.605. The van der Waals surface area contributed by atoms with Crippen molar-refractivity contribution in [3.8, 4) is 11.5 Å². The Morgan fingerprint density at radius 1 is 0.955 bits per heavy atom. The second kappa shape index (κ2) is 6.30. The highest BCUT2D eigenvalue weighted by Gasteiger charge is 2.30. The van der Waals surface area contributed by atoms with Gasteiger partial charge in [-0.3, -0.25) is 10.1 Å². The first-order valence-corrected chi connectivity index (χ1v) is 6.11. The summed E-state index contributed by atoms with van der Waals surface area (Å²) in [5.41, 5.74) is -0.142. The van der Waals surface area contributed by atoms with Gasteiger partial charge in [0.2, 0.25) is 6.20 Å². The molecule has 22 heavy (non-hydrogen) atoms. The molecule has 114 valence electrons. The molecule has 0 aromatic heterocycles. The van der Waals surface area contributed by atoms with Crippen molar-refractivity contribution in [2.45, 2.75) is 6.18 Å². The molecule has 0 aliphatic rings. The minimum atomic E-state index is -4.39. The highest BCUT2D eigenvalue weighted by Crippen LogP contribution is 2.31. The highest BCUT2D eigenvalue weighted by molar-refractivity contribution is 5.49. The summed E-state index contributed by atoms with van der Waals surface area (Å²) < 4.78 is 42.7. The first kappa shape index (κ1) is 15.6. The van der Waals surface area contributed by atoms with E-state index in [0.717, 1.165) is 18.3 Å². The Morgan fingerprint density at radius 2 is 1.45 bits per heavy atom. The molecule has 0 saturated carbocycles. The van der Waals surface area contributed by atoms with Gasteiger partial charge in [-0.25, -0.2) is 0 Å². The second-order valence-corrected chi connectivity index (χ2v) is 4.29. The van der Waals surface area contributed by atoms with Crippen molar-refractivity contribution in [3.05, 3.63) is 76.0 Å². The summed E-state index contributed by atoms with van der Waals surface area (Å²) >= 11 is 0. The number of nitrogens with zero attached hydrogens (tertiary/aromatic N) is 1. The average Bonchev–Trinajstić information content (AvgIpc) is 2.46. The monoisotopic (exact) mass is 309 g/mol. The average molecular weight is 309 g/mol. The third-order valence-corrected chi connectivity index (χ3v) is 2.69. The van der Waals surface area contributed by atoms with E-state index < -0.39 is 16.7 Å². The molecule has 7 heteroatoms. The fraction of sp³-hybridized carbons (Fsp3) is 0.0667. The largest absolute Gasteiger partial charge is 0.457 e. The van der Waals surface area contributed by atoms with Gasteiger partial charge in [0.15, 0.2) is 0 Å². The minimum absolute atomic E-state index is 0.265. The summed E-state index contributed by atoms with van der Waals surface area (Å²) in [5, 5.41) is 10.2. The van der Waals surface area contributed by atoms with E-state index in [4.69, 9.17) is 4.74 Å². The van der Waals surface area contributed by atoms with Gasteiger partial charge in [0.1, 0.15) is 11.5 Å². The van der Waals surface area contributed by atoms with E-state index in [-0.39, 0.29) is 5.75 Å². The van der Waals surface area contributed by atoms with Gasteiger partial charge in [-0.2, -0.15) is 13.2 Å². The molecule has 0 unspecified atom stereocenters. The van der Waals surface area contributed by atoms with Crippen LogP contribution in [0.4, 0.5) is 13.2 Å². The summed E-state index contributed by atoms with van der Waals surface area (Å²) in [6.07, 6.45) is -2.25. The van der Waals surface area contributed by atoms with Gasteiger partial charge in [-0.15, -0.1) is 0 Å². The zero-order chi connectivity index (χ0) is 16.2. The van der Waals surface area contributed by atoms with E-state index in [1.165, 1.54) is 18.2 Å². The number of benzene rings is 2. The Hall–Kier alpha value is -2.83. The van der Waals surface area contributed by atoms with Crippen LogP contribution in [0, 0.1) is 10.1 Å². The number of halogens is 3. The van der Waals surface area contributed by atoms with Gasteiger partial charge in [-0.1, -0.05) is 12.1 Å². The summed E-state index contributed by atoms with van der Waals surface area (Å²) in [6, 6.07) is 10.6. The molecule has 0 spiro atoms. The maximum atomic E-state index is 12.4. The SMILES string of the molecule is O=[N+]([O-])C=Cc1ccc(Oc2ccc(C(F)(F)F)cc2)cc1. The van der Waals surface area contributed by atoms with Gasteiger partial charge in [0, 0.05) is 6.08 Å². The first-order chi connectivity index (χ1) is 10.3. The Kier molecular flexibility index (Phi) is 4.45. The third-order valence-electron chi connectivity index (χ3n) is 2.69. The molecule has 0 bridgehead atoms. The van der Waals surface area contributed by atoms with Crippen molar-refractivity contribution in [1.82, 2.24) is 0 Å². The molecule has 0 atom stereocenters. The number of hydrogen-bond acceptors (Lipinski definition) is 3. The van der Waals surface area contributed by atoms with Crippen molar-refractivity contribution >= 4 is 6.08 Å². The van der Waals surface area contributed by atoms with Crippen LogP contribution < -0.4 is 4.74 Å². The third kappa shape index (κ3) is 4.34. The van der Waals surface area contributed by atoms with Crippen LogP contribution in [0.2, 0.25) is 0 Å². The van der Waals surface area contributed by atoms with Crippen molar-refractivity contribution in [2.75, 3.05) is 0 Å². The highest BCUT2D eigenvalue weighted by atomic mass is 19.4. The molecule has 2 aromatic carbocycles. The van der Waals surface area contributed by atoms with Crippen molar-refractivity contribution in [2.24, 2.45) is 0 Å². The van der Waals surface area contributed by atoms with Crippen molar-refractivity contribution < 1.29 is 22.8 Å². The molecule has 0 N–H and O–H groups in total. The van der Waals surface area contributed by atoms with E-state index in [9.17, 15) is 23.3 Å². The van der Waals surface area contributed by atoms with Crippen LogP contribution in [-0.4, -0.2) is 4.92 Å². The van der Waals surface area contributed by atoms with Crippen LogP contribution >= 0.6 is 0 Å². The number of rotatable bonds is 4. The van der Waals surface area contributed by atoms with Crippen molar-refractivity contribution in [1.29, 1.82) is 0 Å². The minimum Gasteiger partial charge on any atom is -0.457 e. The number of hydrogen-bond donors (Lipinski definition) is 0. The van der Waals surface area contributed by atoms with Gasteiger partial charge >= 0.3 is 6.18 Å². The molecule has 4 nitrogen and oxygen atoms in total. The zero-order valence-corrected chi connectivity index (χ0v) is 11.1. The summed E-state index contributed by atoms with van der Waals surface area (Å²) in [7, 11) is 0. The molecule has 0 heterocycles. The van der Waals surface area contributed by atoms with Crippen LogP contribution in [0.1, 0.15) is 11.1 Å². The van der Waals surface area contributed by atoms with E-state index in [1.807, 2.05) is 0 Å². The van der Waals surface area contributed by atoms with Gasteiger partial charge in [0.05, 0.1) is 10.5 Å². The summed E-state index contributed by atoms with van der Waals surface area (Å²) in [6.45, 7) is 0. The maximum absolute atomic E-state index is 12.4. The molecule has 2 aromatic rings. The Labute approximate surface area is 123 Å². The lowest BCUT2D eigenvalue weighted by atomic mass is 10.2. The Bertz CT molecular complexity index is 677. The van der Waals surface area contributed by atoms with Gasteiger partial charge < -0.3 is 4.74 Å². The molecule has 0 saturated heterocycles. The molecule has 0 radical (unpaired) electrons. The number of ether oxygens (including phenoxy) is 1. The molecule has 0 aliphatic carbocycles. The molecular weight excluding hydrogens is 299 g/mol. The van der Waals surface area contributed by atoms with E-state index in [2.05, 4.69) is 0 Å². The van der Waals surface area contributed by atoms with E-state index >= 15 is 0 Å². The fourth-order valence-corrected chi connectivity index (χ4v) is 1.64. The van der Waals surface area contributed by atoms with Crippen LogP contribution in [0.15, 0.2) is 54.7 Å². The van der Waals surface area contributed by atoms with Crippen molar-refractivity contribution in [3.63, 3.8) is 0 Å². The zero-order valence-electron chi connectivity index (χ0n) is 11.1. The summed E-state index contributed by atoms with van der Waals surface area (Å²) in [4.78, 5) is 9.62. The van der Waals surface area contributed by atoms with Crippen LogP contribution in [0.3, 0.4) is 0 Å². The predicted molar refractivity (Wildman–Crippen MR) is 74.0 cm³/mol. The first-order valence-electron chi connectivity index (χ1n) is 6.11. The fourth-order valence-electron chi connectivity index (χ4n) is 1.64. The molecule has 0 fully saturated rings. The lowest BCUT2D eigenvalue weighted by Crippen LogP contribution is -2.03. The smallest absolute Gasteiger partial charge is 0.416 e. The Morgan fingerprint density at radius 3 is 1.91 bits per heavy atom. The van der Waals surface area contributed by atoms with Crippen LogP contribution in [0.5, 0.6) is 11.5 Å². The lowest BCUT2D eigenvalue weighted by molar-refractivity contribution is -0.400. The van der Waals surface area contributed by atoms with Gasteiger partial charge in [-0.05, 0) is 42.0 Å².